The predicted octanol–water partition coefficient (Wildman–Crippen LogP) is 3.51. The Morgan fingerprint density at radius 2 is 1.45 bits per heavy atom. The molecule has 0 aliphatic rings. The number of nitro groups is 1. The highest BCUT2D eigenvalue weighted by atomic mass is 19.1. The van der Waals surface area contributed by atoms with Gasteiger partial charge in [0.15, 0.2) is 0 Å². The molecule has 1 aromatic heterocycles. The van der Waals surface area contributed by atoms with Crippen LogP contribution in [0.1, 0.15) is 27.7 Å². The van der Waals surface area contributed by atoms with Crippen molar-refractivity contribution in [3.63, 3.8) is 0 Å². The van der Waals surface area contributed by atoms with Crippen LogP contribution in [-0.4, -0.2) is 19.9 Å². The van der Waals surface area contributed by atoms with Crippen molar-refractivity contribution in [1.29, 1.82) is 0 Å². The van der Waals surface area contributed by atoms with Gasteiger partial charge in [0.2, 0.25) is 11.6 Å². The molecule has 20 heavy (non-hydrogen) atoms. The zero-order chi connectivity index (χ0) is 15.7. The van der Waals surface area contributed by atoms with E-state index in [1.807, 2.05) is 27.7 Å². The van der Waals surface area contributed by atoms with Crippen LogP contribution in [0.25, 0.3) is 5.69 Å². The summed E-state index contributed by atoms with van der Waals surface area (Å²) in [6.45, 7) is 8.00. The van der Waals surface area contributed by atoms with Crippen molar-refractivity contribution in [2.45, 2.75) is 27.7 Å². The summed E-state index contributed by atoms with van der Waals surface area (Å²) in [7, 11) is 0. The molecule has 0 unspecified atom stereocenters. The monoisotopic (exact) mass is 286 g/mol. The lowest BCUT2D eigenvalue weighted by molar-refractivity contribution is -0.390. The van der Waals surface area contributed by atoms with Gasteiger partial charge in [-0.05, 0) is 0 Å². The van der Waals surface area contributed by atoms with Crippen LogP contribution in [0.3, 0.4) is 0 Å². The first-order chi connectivity index (χ1) is 9.59. The number of hydrogen-bond donors (Lipinski definition) is 0. The first kappa shape index (κ1) is 17.6. The van der Waals surface area contributed by atoms with Crippen molar-refractivity contribution in [1.82, 2.24) is 15.0 Å². The summed E-state index contributed by atoms with van der Waals surface area (Å²) in [5.41, 5.74) is -1.21. The van der Waals surface area contributed by atoms with Crippen LogP contribution >= 0.6 is 0 Å². The van der Waals surface area contributed by atoms with Crippen LogP contribution < -0.4 is 0 Å². The zero-order valence-electron chi connectivity index (χ0n) is 11.7. The van der Waals surface area contributed by atoms with Gasteiger partial charge in [0.1, 0.15) is 0 Å². The number of rotatable bonds is 2. The normalized spacial score (nSPS) is 8.90. The third-order valence-corrected chi connectivity index (χ3v) is 1.83. The number of nitrogens with zero attached hydrogens (tertiary/aromatic N) is 4. The highest BCUT2D eigenvalue weighted by Crippen LogP contribution is 2.23. The van der Waals surface area contributed by atoms with Gasteiger partial charge >= 0.3 is 5.69 Å². The first-order valence-electron chi connectivity index (χ1n) is 6.09. The third-order valence-electron chi connectivity index (χ3n) is 1.83. The number of benzene rings is 1. The molecule has 0 spiro atoms. The summed E-state index contributed by atoms with van der Waals surface area (Å²) < 4.78 is 26.4. The molecule has 0 aliphatic heterocycles. The fraction of sp³-hybridized carbons (Fsp3) is 0.333. The summed E-state index contributed by atoms with van der Waals surface area (Å²) in [4.78, 5) is 10.2. The second kappa shape index (κ2) is 8.68. The van der Waals surface area contributed by atoms with E-state index in [2.05, 4.69) is 10.2 Å². The molecule has 0 amide bonds. The van der Waals surface area contributed by atoms with Crippen molar-refractivity contribution in [2.75, 3.05) is 0 Å². The van der Waals surface area contributed by atoms with E-state index in [-0.39, 0.29) is 5.69 Å². The highest BCUT2D eigenvalue weighted by molar-refractivity contribution is 5.42. The molecule has 110 valence electrons. The van der Waals surface area contributed by atoms with E-state index >= 15 is 0 Å². The van der Waals surface area contributed by atoms with Crippen LogP contribution in [-0.2, 0) is 0 Å². The topological polar surface area (TPSA) is 73.8 Å². The first-order valence-corrected chi connectivity index (χ1v) is 6.09. The van der Waals surface area contributed by atoms with Crippen LogP contribution in [0.15, 0.2) is 24.5 Å². The van der Waals surface area contributed by atoms with Gasteiger partial charge in [-0.3, -0.25) is 10.1 Å². The Morgan fingerprint density at radius 3 is 1.80 bits per heavy atom. The Balaban J connectivity index is 0.000000829. The molecule has 1 aromatic carbocycles. The largest absolute Gasteiger partial charge is 0.340 e. The molecular weight excluding hydrogens is 270 g/mol. The van der Waals surface area contributed by atoms with E-state index in [0.717, 1.165) is 16.9 Å². The van der Waals surface area contributed by atoms with Gasteiger partial charge < -0.3 is 0 Å². The molecule has 0 atom stereocenters. The van der Waals surface area contributed by atoms with Crippen molar-refractivity contribution in [3.05, 3.63) is 46.3 Å². The molecule has 1 heterocycles. The van der Waals surface area contributed by atoms with E-state index in [4.69, 9.17) is 0 Å². The second-order valence-corrected chi connectivity index (χ2v) is 2.83. The van der Waals surface area contributed by atoms with E-state index in [9.17, 15) is 18.9 Å². The summed E-state index contributed by atoms with van der Waals surface area (Å²) in [6.07, 6.45) is 2.63. The van der Waals surface area contributed by atoms with Crippen molar-refractivity contribution in [2.24, 2.45) is 0 Å². The number of nitro benzene ring substituents is 1. The summed E-state index contributed by atoms with van der Waals surface area (Å²) in [5, 5.41) is 17.6. The quantitative estimate of drug-likeness (QED) is 0.625. The van der Waals surface area contributed by atoms with Crippen molar-refractivity contribution >= 4 is 5.69 Å². The summed E-state index contributed by atoms with van der Waals surface area (Å²) >= 11 is 0. The molecule has 2 rings (SSSR count). The van der Waals surface area contributed by atoms with Gasteiger partial charge in [-0.25, -0.2) is 0 Å². The standard InChI is InChI=1S/C8H4F2N4O2.2C2H6/c9-6-3-5(13-11-1-2-12-13)4-7(10)8(6)14(15)16;2*1-2/h1-4H;2*1-2H3. The molecule has 0 aliphatic carbocycles. The zero-order valence-corrected chi connectivity index (χ0v) is 11.7. The van der Waals surface area contributed by atoms with Gasteiger partial charge in [0.05, 0.1) is 23.0 Å². The van der Waals surface area contributed by atoms with Crippen molar-refractivity contribution < 1.29 is 13.7 Å². The van der Waals surface area contributed by atoms with Gasteiger partial charge in [0, 0.05) is 12.1 Å². The Labute approximate surface area is 115 Å². The SMILES string of the molecule is CC.CC.O=[N+]([O-])c1c(F)cc(-n2nccn2)cc1F. The smallest absolute Gasteiger partial charge is 0.258 e. The minimum atomic E-state index is -1.27. The molecule has 0 N–H and O–H groups in total. The maximum atomic E-state index is 13.2. The summed E-state index contributed by atoms with van der Waals surface area (Å²) in [6, 6.07) is 1.59. The lowest BCUT2D eigenvalue weighted by Gasteiger charge is -2.01. The van der Waals surface area contributed by atoms with Crippen LogP contribution in [0, 0.1) is 21.7 Å². The molecule has 0 saturated heterocycles. The molecule has 0 saturated carbocycles. The van der Waals surface area contributed by atoms with E-state index in [1.54, 1.807) is 0 Å². The molecular formula is C12H16F2N4O2. The van der Waals surface area contributed by atoms with Crippen LogP contribution in [0.4, 0.5) is 14.5 Å². The van der Waals surface area contributed by atoms with Gasteiger partial charge in [0.25, 0.3) is 0 Å². The minimum Gasteiger partial charge on any atom is -0.258 e. The van der Waals surface area contributed by atoms with Crippen LogP contribution in [0.2, 0.25) is 0 Å². The average Bonchev–Trinajstić information content (AvgIpc) is 2.96. The molecule has 0 fully saturated rings. The molecule has 6 nitrogen and oxygen atoms in total. The average molecular weight is 286 g/mol. The summed E-state index contributed by atoms with van der Waals surface area (Å²) in [5.74, 6) is -2.53. The van der Waals surface area contributed by atoms with Crippen molar-refractivity contribution in [3.8, 4) is 5.69 Å². The lowest BCUT2D eigenvalue weighted by atomic mass is 10.2. The number of aromatic nitrogens is 3. The van der Waals surface area contributed by atoms with Crippen LogP contribution in [0.5, 0.6) is 0 Å². The van der Waals surface area contributed by atoms with E-state index in [1.165, 1.54) is 12.4 Å². The molecule has 2 aromatic rings. The maximum absolute atomic E-state index is 13.2. The van der Waals surface area contributed by atoms with Gasteiger partial charge in [-0.1, -0.05) is 27.7 Å². The fourth-order valence-electron chi connectivity index (χ4n) is 1.19. The fourth-order valence-corrected chi connectivity index (χ4v) is 1.19. The Bertz CT molecular complexity index is 521. The maximum Gasteiger partial charge on any atom is 0.340 e. The number of hydrogen-bond acceptors (Lipinski definition) is 4. The Hall–Kier alpha value is -2.38. The Kier molecular flexibility index (Phi) is 7.64. The highest BCUT2D eigenvalue weighted by Gasteiger charge is 2.22. The lowest BCUT2D eigenvalue weighted by Crippen LogP contribution is -2.03. The van der Waals surface area contributed by atoms with Gasteiger partial charge in [-0.15, -0.1) is 0 Å². The molecule has 0 radical (unpaired) electrons. The van der Waals surface area contributed by atoms with E-state index in [0.29, 0.717) is 0 Å². The number of halogens is 2. The molecule has 8 heteroatoms. The second-order valence-electron chi connectivity index (χ2n) is 2.83. The minimum absolute atomic E-state index is 0.0226. The van der Waals surface area contributed by atoms with Gasteiger partial charge in [-0.2, -0.15) is 23.8 Å². The third kappa shape index (κ3) is 4.08. The predicted molar refractivity (Wildman–Crippen MR) is 70.6 cm³/mol. The Morgan fingerprint density at radius 1 is 1.05 bits per heavy atom. The molecule has 0 bridgehead atoms. The van der Waals surface area contributed by atoms with E-state index < -0.39 is 22.2 Å².